The Morgan fingerprint density at radius 2 is 2.19 bits per heavy atom. The lowest BCUT2D eigenvalue weighted by Crippen LogP contribution is -1.97. The topological polar surface area (TPSA) is 52.3 Å². The molecule has 0 atom stereocenters. The fraction of sp³-hybridized carbons (Fsp3) is 0.500. The molecule has 2 aromatic heterocycles. The molecule has 0 aliphatic carbocycles. The van der Waals surface area contributed by atoms with Crippen LogP contribution in [0.3, 0.4) is 0 Å². The average molecular weight is 238 g/mol. The van der Waals surface area contributed by atoms with Gasteiger partial charge in [0.05, 0.1) is 6.61 Å². The van der Waals surface area contributed by atoms with Crippen molar-refractivity contribution < 1.29 is 4.74 Å². The minimum absolute atomic E-state index is 0.664. The highest BCUT2D eigenvalue weighted by Gasteiger charge is 2.07. The van der Waals surface area contributed by atoms with E-state index in [-0.39, 0.29) is 0 Å². The van der Waals surface area contributed by atoms with E-state index in [4.69, 9.17) is 4.74 Å². The van der Waals surface area contributed by atoms with E-state index < -0.39 is 0 Å². The molecular formula is C10H14N4OS. The zero-order chi connectivity index (χ0) is 11.5. The van der Waals surface area contributed by atoms with Crippen LogP contribution in [0.1, 0.15) is 11.4 Å². The van der Waals surface area contributed by atoms with Crippen molar-refractivity contribution in [2.75, 3.05) is 19.5 Å². The standard InChI is InChI=1S/C10H14N4OS/c1-7-6-8(2)14-9(11-7)12-10(13-14)16-5-4-15-3/h6H,4-5H2,1-3H3. The van der Waals surface area contributed by atoms with Crippen LogP contribution >= 0.6 is 11.8 Å². The molecule has 0 bridgehead atoms. The Bertz CT molecular complexity index is 497. The maximum atomic E-state index is 4.98. The molecule has 2 heterocycles. The van der Waals surface area contributed by atoms with Gasteiger partial charge in [0.15, 0.2) is 0 Å². The smallest absolute Gasteiger partial charge is 0.253 e. The fourth-order valence-corrected chi connectivity index (χ4v) is 2.14. The van der Waals surface area contributed by atoms with Gasteiger partial charge < -0.3 is 4.74 Å². The number of hydrogen-bond donors (Lipinski definition) is 0. The maximum absolute atomic E-state index is 4.98. The van der Waals surface area contributed by atoms with Crippen molar-refractivity contribution in [3.63, 3.8) is 0 Å². The predicted molar refractivity (Wildman–Crippen MR) is 62.9 cm³/mol. The van der Waals surface area contributed by atoms with Crippen molar-refractivity contribution in [1.82, 2.24) is 19.6 Å². The Hall–Kier alpha value is -1.14. The van der Waals surface area contributed by atoms with Gasteiger partial charge in [0.25, 0.3) is 5.78 Å². The molecule has 0 radical (unpaired) electrons. The molecule has 0 spiro atoms. The van der Waals surface area contributed by atoms with Crippen LogP contribution in [-0.4, -0.2) is 39.1 Å². The first-order chi connectivity index (χ1) is 7.70. The number of fused-ring (bicyclic) bond motifs is 1. The SMILES string of the molecule is COCCSc1nc2nc(C)cc(C)n2n1. The minimum Gasteiger partial charge on any atom is -0.384 e. The Morgan fingerprint density at radius 3 is 2.94 bits per heavy atom. The lowest BCUT2D eigenvalue weighted by atomic mass is 10.4. The molecule has 2 aromatic rings. The number of hydrogen-bond acceptors (Lipinski definition) is 5. The molecule has 16 heavy (non-hydrogen) atoms. The first-order valence-corrected chi connectivity index (χ1v) is 6.02. The molecule has 0 aliphatic heterocycles. The van der Waals surface area contributed by atoms with Crippen molar-refractivity contribution in [2.24, 2.45) is 0 Å². The number of thioether (sulfide) groups is 1. The molecule has 2 rings (SSSR count). The van der Waals surface area contributed by atoms with Crippen molar-refractivity contribution in [3.8, 4) is 0 Å². The Kier molecular flexibility index (Phi) is 3.40. The summed E-state index contributed by atoms with van der Waals surface area (Å²) in [5.41, 5.74) is 2.01. The van der Waals surface area contributed by atoms with Crippen LogP contribution in [0.25, 0.3) is 5.78 Å². The van der Waals surface area contributed by atoms with Crippen molar-refractivity contribution in [2.45, 2.75) is 19.0 Å². The van der Waals surface area contributed by atoms with Gasteiger partial charge in [0, 0.05) is 24.3 Å². The zero-order valence-electron chi connectivity index (χ0n) is 9.60. The number of aromatic nitrogens is 4. The molecule has 6 heteroatoms. The molecule has 86 valence electrons. The molecule has 0 fully saturated rings. The Labute approximate surface area is 98.2 Å². The number of aryl methyl sites for hydroxylation is 2. The van der Waals surface area contributed by atoms with Gasteiger partial charge in [-0.2, -0.15) is 4.98 Å². The van der Waals surface area contributed by atoms with E-state index >= 15 is 0 Å². The predicted octanol–water partition coefficient (Wildman–Crippen LogP) is 1.48. The summed E-state index contributed by atoms with van der Waals surface area (Å²) in [6.45, 7) is 4.66. The van der Waals surface area contributed by atoms with Gasteiger partial charge in [-0.1, -0.05) is 11.8 Å². The van der Waals surface area contributed by atoms with E-state index in [1.54, 1.807) is 23.4 Å². The van der Waals surface area contributed by atoms with Crippen LogP contribution in [0.2, 0.25) is 0 Å². The Morgan fingerprint density at radius 1 is 1.38 bits per heavy atom. The normalized spacial score (nSPS) is 11.2. The summed E-state index contributed by atoms with van der Waals surface area (Å²) >= 11 is 1.58. The van der Waals surface area contributed by atoms with Crippen LogP contribution in [-0.2, 0) is 4.74 Å². The second-order valence-corrected chi connectivity index (χ2v) is 4.55. The lowest BCUT2D eigenvalue weighted by Gasteiger charge is -1.97. The first-order valence-electron chi connectivity index (χ1n) is 5.03. The van der Waals surface area contributed by atoms with Gasteiger partial charge >= 0.3 is 0 Å². The summed E-state index contributed by atoms with van der Waals surface area (Å²) in [5, 5.41) is 5.12. The highest BCUT2D eigenvalue weighted by Crippen LogP contribution is 2.14. The van der Waals surface area contributed by atoms with Gasteiger partial charge in [-0.05, 0) is 19.9 Å². The first kappa shape index (κ1) is 11.3. The Balaban J connectivity index is 2.26. The van der Waals surface area contributed by atoms with Crippen molar-refractivity contribution in [3.05, 3.63) is 17.5 Å². The van der Waals surface area contributed by atoms with Gasteiger partial charge in [0.2, 0.25) is 5.16 Å². The molecule has 0 N–H and O–H groups in total. The quantitative estimate of drug-likeness (QED) is 0.596. The monoisotopic (exact) mass is 238 g/mol. The maximum Gasteiger partial charge on any atom is 0.253 e. The molecule has 0 saturated carbocycles. The van der Waals surface area contributed by atoms with Crippen LogP contribution < -0.4 is 0 Å². The van der Waals surface area contributed by atoms with Gasteiger partial charge in [-0.3, -0.25) is 0 Å². The molecule has 5 nitrogen and oxygen atoms in total. The summed E-state index contributed by atoms with van der Waals surface area (Å²) in [5.74, 6) is 1.52. The van der Waals surface area contributed by atoms with E-state index in [2.05, 4.69) is 15.1 Å². The highest BCUT2D eigenvalue weighted by atomic mass is 32.2. The summed E-state index contributed by atoms with van der Waals surface area (Å²) in [6.07, 6.45) is 0. The number of methoxy groups -OCH3 is 1. The molecule has 0 saturated heterocycles. The van der Waals surface area contributed by atoms with E-state index in [0.717, 1.165) is 22.3 Å². The highest BCUT2D eigenvalue weighted by molar-refractivity contribution is 7.99. The third-order valence-corrected chi connectivity index (χ3v) is 2.92. The third kappa shape index (κ3) is 2.33. The molecular weight excluding hydrogens is 224 g/mol. The number of rotatable bonds is 4. The zero-order valence-corrected chi connectivity index (χ0v) is 10.4. The van der Waals surface area contributed by atoms with Crippen molar-refractivity contribution >= 4 is 17.5 Å². The lowest BCUT2D eigenvalue weighted by molar-refractivity contribution is 0.218. The third-order valence-electron chi connectivity index (χ3n) is 2.12. The van der Waals surface area contributed by atoms with Crippen molar-refractivity contribution in [1.29, 1.82) is 0 Å². The van der Waals surface area contributed by atoms with Gasteiger partial charge in [0.1, 0.15) is 0 Å². The number of nitrogens with zero attached hydrogens (tertiary/aromatic N) is 4. The summed E-state index contributed by atoms with van der Waals surface area (Å²) in [7, 11) is 1.69. The minimum atomic E-state index is 0.664. The summed E-state index contributed by atoms with van der Waals surface area (Å²) < 4.78 is 6.75. The van der Waals surface area contributed by atoms with Gasteiger partial charge in [-0.15, -0.1) is 5.10 Å². The van der Waals surface area contributed by atoms with E-state index in [0.29, 0.717) is 12.4 Å². The van der Waals surface area contributed by atoms with Crippen LogP contribution in [0.15, 0.2) is 11.2 Å². The van der Waals surface area contributed by atoms with Gasteiger partial charge in [-0.25, -0.2) is 9.50 Å². The fourth-order valence-electron chi connectivity index (χ4n) is 1.43. The molecule has 0 amide bonds. The molecule has 0 aliphatic rings. The summed E-state index contributed by atoms with van der Waals surface area (Å²) in [4.78, 5) is 8.68. The number of ether oxygens (including phenoxy) is 1. The van der Waals surface area contributed by atoms with E-state index in [9.17, 15) is 0 Å². The largest absolute Gasteiger partial charge is 0.384 e. The summed E-state index contributed by atoms with van der Waals surface area (Å²) in [6, 6.07) is 1.99. The second-order valence-electron chi connectivity index (χ2n) is 3.49. The second kappa shape index (κ2) is 4.80. The van der Waals surface area contributed by atoms with Crippen LogP contribution in [0.5, 0.6) is 0 Å². The molecule has 0 unspecified atom stereocenters. The van der Waals surface area contributed by atoms with Crippen LogP contribution in [0.4, 0.5) is 0 Å². The van der Waals surface area contributed by atoms with E-state index in [1.165, 1.54) is 0 Å². The van der Waals surface area contributed by atoms with E-state index in [1.807, 2.05) is 19.9 Å². The molecule has 0 aromatic carbocycles. The van der Waals surface area contributed by atoms with Crippen LogP contribution in [0, 0.1) is 13.8 Å². The average Bonchev–Trinajstić information content (AvgIpc) is 2.61.